The molecule has 0 amide bonds. The van der Waals surface area contributed by atoms with E-state index in [1.54, 1.807) is 7.11 Å². The lowest BCUT2D eigenvalue weighted by molar-refractivity contribution is -0.107. The number of Topliss-reactive ketones (excluding diaryl/α,β-unsaturated/α-hetero) is 1. The molecule has 1 aromatic carbocycles. The molecule has 0 bridgehead atoms. The number of carbonyl (C=O) groups excluding carboxylic acids is 2. The number of ether oxygens (including phenoxy) is 1. The third kappa shape index (κ3) is 2.91. The molecule has 4 heteroatoms. The number of rotatable bonds is 6. The van der Waals surface area contributed by atoms with Gasteiger partial charge in [0.05, 0.1) is 12.7 Å². The van der Waals surface area contributed by atoms with Crippen LogP contribution in [0.25, 0.3) is 0 Å². The first kappa shape index (κ1) is 16.3. The summed E-state index contributed by atoms with van der Waals surface area (Å²) in [6.45, 7) is 3.89. The number of carbonyl (C=O) groups is 2. The van der Waals surface area contributed by atoms with E-state index in [0.29, 0.717) is 49.0 Å². The number of benzene rings is 1. The highest BCUT2D eigenvalue weighted by Gasteiger charge is 2.30. The van der Waals surface area contributed by atoms with E-state index in [1.807, 2.05) is 19.9 Å². The lowest BCUT2D eigenvalue weighted by atomic mass is 9.94. The summed E-state index contributed by atoms with van der Waals surface area (Å²) in [4.78, 5) is 22.4. The van der Waals surface area contributed by atoms with Crippen molar-refractivity contribution < 1.29 is 19.4 Å². The number of phenols is 1. The van der Waals surface area contributed by atoms with Crippen LogP contribution in [-0.4, -0.2) is 24.3 Å². The zero-order valence-corrected chi connectivity index (χ0v) is 13.4. The highest BCUT2D eigenvalue weighted by molar-refractivity contribution is 6.04. The van der Waals surface area contributed by atoms with E-state index >= 15 is 0 Å². The maximum atomic E-state index is 12.0. The van der Waals surface area contributed by atoms with Gasteiger partial charge >= 0.3 is 0 Å². The van der Waals surface area contributed by atoms with E-state index in [4.69, 9.17) is 4.74 Å². The predicted molar refractivity (Wildman–Crippen MR) is 84.8 cm³/mol. The lowest BCUT2D eigenvalue weighted by Gasteiger charge is -2.17. The molecular weight excluding hydrogens is 280 g/mol. The van der Waals surface area contributed by atoms with Crippen LogP contribution < -0.4 is 4.74 Å². The standard InChI is InChI=1S/C18H22O4/c1-11(5-4-10-19)6-7-14-17(21)16-13(8-9-15(16)20)12(2)18(14)22-3/h6,10,21H,4-5,7-9H2,1-3H3/b11-6+. The SMILES string of the molecule is COc1c(C)c2c(c(O)c1C/C=C(\C)CCC=O)C(=O)CC2. The van der Waals surface area contributed by atoms with Crippen LogP contribution in [0, 0.1) is 6.92 Å². The number of aldehydes is 1. The molecule has 0 saturated carbocycles. The normalized spacial score (nSPS) is 14.1. The third-order valence-electron chi connectivity index (χ3n) is 4.29. The molecule has 0 radical (unpaired) electrons. The van der Waals surface area contributed by atoms with E-state index in [2.05, 4.69) is 0 Å². The summed E-state index contributed by atoms with van der Waals surface area (Å²) in [5.74, 6) is 0.714. The van der Waals surface area contributed by atoms with Crippen LogP contribution in [0.5, 0.6) is 11.5 Å². The first-order valence-corrected chi connectivity index (χ1v) is 7.55. The molecular formula is C18H22O4. The van der Waals surface area contributed by atoms with Crippen LogP contribution in [0.2, 0.25) is 0 Å². The van der Waals surface area contributed by atoms with Crippen molar-refractivity contribution in [1.29, 1.82) is 0 Å². The van der Waals surface area contributed by atoms with Crippen molar-refractivity contribution in [3.8, 4) is 11.5 Å². The molecule has 22 heavy (non-hydrogen) atoms. The van der Waals surface area contributed by atoms with Crippen LogP contribution in [0.1, 0.15) is 53.2 Å². The molecule has 4 nitrogen and oxygen atoms in total. The smallest absolute Gasteiger partial charge is 0.167 e. The number of allylic oxidation sites excluding steroid dienone is 2. The van der Waals surface area contributed by atoms with Crippen molar-refractivity contribution in [3.63, 3.8) is 0 Å². The Labute approximate surface area is 130 Å². The Bertz CT molecular complexity index is 641. The van der Waals surface area contributed by atoms with Crippen molar-refractivity contribution in [1.82, 2.24) is 0 Å². The number of fused-ring (bicyclic) bond motifs is 1. The number of phenolic OH excluding ortho intramolecular Hbond substituents is 1. The zero-order valence-electron chi connectivity index (χ0n) is 13.4. The van der Waals surface area contributed by atoms with E-state index in [0.717, 1.165) is 23.0 Å². The zero-order chi connectivity index (χ0) is 16.3. The van der Waals surface area contributed by atoms with Crippen LogP contribution in [0.3, 0.4) is 0 Å². The van der Waals surface area contributed by atoms with Gasteiger partial charge < -0.3 is 14.6 Å². The Morgan fingerprint density at radius 2 is 2.09 bits per heavy atom. The molecule has 0 heterocycles. The average molecular weight is 302 g/mol. The van der Waals surface area contributed by atoms with E-state index in [1.165, 1.54) is 0 Å². The summed E-state index contributed by atoms with van der Waals surface area (Å²) in [7, 11) is 1.58. The van der Waals surface area contributed by atoms with Gasteiger partial charge in [0.1, 0.15) is 17.8 Å². The first-order chi connectivity index (χ1) is 10.5. The van der Waals surface area contributed by atoms with Crippen LogP contribution in [0.4, 0.5) is 0 Å². The number of ketones is 1. The molecule has 0 atom stereocenters. The molecule has 1 aromatic rings. The van der Waals surface area contributed by atoms with Crippen molar-refractivity contribution in [2.24, 2.45) is 0 Å². The largest absolute Gasteiger partial charge is 0.507 e. The minimum Gasteiger partial charge on any atom is -0.507 e. The van der Waals surface area contributed by atoms with Gasteiger partial charge in [-0.05, 0) is 44.2 Å². The number of hydrogen-bond donors (Lipinski definition) is 1. The van der Waals surface area contributed by atoms with E-state index < -0.39 is 0 Å². The fraction of sp³-hybridized carbons (Fsp3) is 0.444. The Hall–Kier alpha value is -2.10. The molecule has 118 valence electrons. The van der Waals surface area contributed by atoms with Gasteiger partial charge in [-0.3, -0.25) is 4.79 Å². The van der Waals surface area contributed by atoms with Gasteiger partial charge in [0.15, 0.2) is 5.78 Å². The second-order valence-electron chi connectivity index (χ2n) is 5.72. The Balaban J connectivity index is 2.43. The Morgan fingerprint density at radius 3 is 2.73 bits per heavy atom. The molecule has 0 unspecified atom stereocenters. The van der Waals surface area contributed by atoms with E-state index in [9.17, 15) is 14.7 Å². The summed E-state index contributed by atoms with van der Waals surface area (Å²) in [5, 5.41) is 10.5. The molecule has 2 rings (SSSR count). The molecule has 1 aliphatic rings. The minimum atomic E-state index is 0.00107. The number of hydrogen-bond acceptors (Lipinski definition) is 4. The van der Waals surface area contributed by atoms with Crippen molar-refractivity contribution in [2.75, 3.05) is 7.11 Å². The van der Waals surface area contributed by atoms with Crippen LogP contribution >= 0.6 is 0 Å². The second-order valence-corrected chi connectivity index (χ2v) is 5.72. The van der Waals surface area contributed by atoms with Gasteiger partial charge in [-0.15, -0.1) is 0 Å². The third-order valence-corrected chi connectivity index (χ3v) is 4.29. The van der Waals surface area contributed by atoms with Crippen molar-refractivity contribution in [3.05, 3.63) is 33.9 Å². The molecule has 0 aromatic heterocycles. The average Bonchev–Trinajstić information content (AvgIpc) is 2.89. The first-order valence-electron chi connectivity index (χ1n) is 7.55. The van der Waals surface area contributed by atoms with Gasteiger partial charge in [0, 0.05) is 18.4 Å². The fourth-order valence-electron chi connectivity index (χ4n) is 3.06. The molecule has 0 fully saturated rings. The topological polar surface area (TPSA) is 63.6 Å². The monoisotopic (exact) mass is 302 g/mol. The van der Waals surface area contributed by atoms with Gasteiger partial charge in [0.25, 0.3) is 0 Å². The fourth-order valence-corrected chi connectivity index (χ4v) is 3.06. The molecule has 1 N–H and O–H groups in total. The summed E-state index contributed by atoms with van der Waals surface area (Å²) in [6, 6.07) is 0. The maximum Gasteiger partial charge on any atom is 0.167 e. The molecule has 0 aliphatic heterocycles. The van der Waals surface area contributed by atoms with Gasteiger partial charge in [0.2, 0.25) is 0 Å². The van der Waals surface area contributed by atoms with E-state index in [-0.39, 0.29) is 11.5 Å². The van der Waals surface area contributed by atoms with Crippen LogP contribution in [0.15, 0.2) is 11.6 Å². The number of methoxy groups -OCH3 is 1. The molecule has 1 aliphatic carbocycles. The summed E-state index contributed by atoms with van der Waals surface area (Å²) < 4.78 is 5.47. The quantitative estimate of drug-likeness (QED) is 0.647. The Kier molecular flexibility index (Phi) is 5.01. The lowest BCUT2D eigenvalue weighted by Crippen LogP contribution is -2.03. The highest BCUT2D eigenvalue weighted by atomic mass is 16.5. The molecule has 0 spiro atoms. The summed E-state index contributed by atoms with van der Waals surface area (Å²) in [6.07, 6.45) is 5.67. The van der Waals surface area contributed by atoms with Crippen LogP contribution in [-0.2, 0) is 17.6 Å². The van der Waals surface area contributed by atoms with Gasteiger partial charge in [-0.1, -0.05) is 11.6 Å². The number of aromatic hydroxyl groups is 1. The Morgan fingerprint density at radius 1 is 1.36 bits per heavy atom. The van der Waals surface area contributed by atoms with Crippen molar-refractivity contribution in [2.45, 2.75) is 46.0 Å². The predicted octanol–water partition coefficient (Wildman–Crippen LogP) is 3.31. The maximum absolute atomic E-state index is 12.0. The second kappa shape index (κ2) is 6.77. The van der Waals surface area contributed by atoms with Crippen molar-refractivity contribution >= 4 is 12.1 Å². The van der Waals surface area contributed by atoms with Gasteiger partial charge in [-0.2, -0.15) is 0 Å². The highest BCUT2D eigenvalue weighted by Crippen LogP contribution is 2.42. The summed E-state index contributed by atoms with van der Waals surface area (Å²) in [5.41, 5.74) is 4.05. The minimum absolute atomic E-state index is 0.00107. The molecule has 0 saturated heterocycles. The van der Waals surface area contributed by atoms with Gasteiger partial charge in [-0.25, -0.2) is 0 Å². The summed E-state index contributed by atoms with van der Waals surface area (Å²) >= 11 is 0.